The standard InChI is InChI=1S/C11H16BrN3/c1-8-6-13-11(14-7-8)15-4-3-9(2)10(15)5-12/h6-7,9-10H,3-5H2,1-2H3. The van der Waals surface area contributed by atoms with Gasteiger partial charge >= 0.3 is 0 Å². The van der Waals surface area contributed by atoms with Gasteiger partial charge in [0.15, 0.2) is 0 Å². The van der Waals surface area contributed by atoms with Crippen molar-refractivity contribution in [1.82, 2.24) is 9.97 Å². The average molecular weight is 270 g/mol. The predicted octanol–water partition coefficient (Wildman–Crippen LogP) is 2.39. The molecular weight excluding hydrogens is 254 g/mol. The van der Waals surface area contributed by atoms with Gasteiger partial charge in [0, 0.05) is 30.3 Å². The number of hydrogen-bond acceptors (Lipinski definition) is 3. The fraction of sp³-hybridized carbons (Fsp3) is 0.636. The monoisotopic (exact) mass is 269 g/mol. The van der Waals surface area contributed by atoms with E-state index in [0.717, 1.165) is 23.4 Å². The minimum absolute atomic E-state index is 0.535. The summed E-state index contributed by atoms with van der Waals surface area (Å²) in [5.41, 5.74) is 1.11. The highest BCUT2D eigenvalue weighted by Gasteiger charge is 2.31. The molecule has 1 aliphatic heterocycles. The third-order valence-electron chi connectivity index (χ3n) is 3.06. The van der Waals surface area contributed by atoms with Crippen molar-refractivity contribution in [3.63, 3.8) is 0 Å². The molecule has 0 saturated carbocycles. The summed E-state index contributed by atoms with van der Waals surface area (Å²) >= 11 is 3.57. The molecule has 1 aliphatic rings. The number of rotatable bonds is 2. The van der Waals surface area contributed by atoms with Gasteiger partial charge in [0.2, 0.25) is 5.95 Å². The first-order chi connectivity index (χ1) is 7.22. The molecule has 15 heavy (non-hydrogen) atoms. The SMILES string of the molecule is Cc1cnc(N2CCC(C)C2CBr)nc1. The highest BCUT2D eigenvalue weighted by molar-refractivity contribution is 9.09. The lowest BCUT2D eigenvalue weighted by Gasteiger charge is -2.24. The number of anilines is 1. The zero-order chi connectivity index (χ0) is 10.8. The van der Waals surface area contributed by atoms with Gasteiger partial charge < -0.3 is 4.90 Å². The molecule has 0 spiro atoms. The van der Waals surface area contributed by atoms with E-state index >= 15 is 0 Å². The van der Waals surface area contributed by atoms with Crippen LogP contribution in [0.5, 0.6) is 0 Å². The number of aromatic nitrogens is 2. The molecule has 1 aromatic rings. The van der Waals surface area contributed by atoms with Crippen LogP contribution in [-0.2, 0) is 0 Å². The van der Waals surface area contributed by atoms with Crippen LogP contribution in [0.2, 0.25) is 0 Å². The Morgan fingerprint density at radius 3 is 2.73 bits per heavy atom. The lowest BCUT2D eigenvalue weighted by molar-refractivity contribution is 0.551. The fourth-order valence-corrected chi connectivity index (χ4v) is 3.01. The van der Waals surface area contributed by atoms with E-state index < -0.39 is 0 Å². The van der Waals surface area contributed by atoms with Crippen molar-refractivity contribution in [2.75, 3.05) is 16.8 Å². The Labute approximate surface area is 99.0 Å². The zero-order valence-corrected chi connectivity index (χ0v) is 10.7. The normalized spacial score (nSPS) is 25.9. The van der Waals surface area contributed by atoms with Gasteiger partial charge in [0.05, 0.1) is 0 Å². The molecule has 0 radical (unpaired) electrons. The van der Waals surface area contributed by atoms with Crippen molar-refractivity contribution >= 4 is 21.9 Å². The number of nitrogens with zero attached hydrogens (tertiary/aromatic N) is 3. The average Bonchev–Trinajstić information content (AvgIpc) is 2.61. The van der Waals surface area contributed by atoms with Crippen molar-refractivity contribution in [1.29, 1.82) is 0 Å². The summed E-state index contributed by atoms with van der Waals surface area (Å²) in [5.74, 6) is 1.59. The van der Waals surface area contributed by atoms with E-state index in [1.165, 1.54) is 6.42 Å². The Morgan fingerprint density at radius 1 is 1.47 bits per heavy atom. The third kappa shape index (κ3) is 2.14. The number of aryl methyl sites for hydroxylation is 1. The van der Waals surface area contributed by atoms with Crippen molar-refractivity contribution in [3.05, 3.63) is 18.0 Å². The maximum Gasteiger partial charge on any atom is 0.225 e. The van der Waals surface area contributed by atoms with Crippen LogP contribution in [0.15, 0.2) is 12.4 Å². The lowest BCUT2D eigenvalue weighted by atomic mass is 10.1. The Morgan fingerprint density at radius 2 is 2.13 bits per heavy atom. The Kier molecular flexibility index (Phi) is 3.24. The van der Waals surface area contributed by atoms with Crippen LogP contribution in [-0.4, -0.2) is 27.9 Å². The van der Waals surface area contributed by atoms with Crippen LogP contribution in [0.25, 0.3) is 0 Å². The topological polar surface area (TPSA) is 29.0 Å². The molecular formula is C11H16BrN3. The van der Waals surface area contributed by atoms with Crippen LogP contribution in [0.4, 0.5) is 5.95 Å². The van der Waals surface area contributed by atoms with Crippen molar-refractivity contribution in [3.8, 4) is 0 Å². The number of hydrogen-bond donors (Lipinski definition) is 0. The summed E-state index contributed by atoms with van der Waals surface area (Å²) in [6, 6.07) is 0.535. The molecule has 0 aliphatic carbocycles. The van der Waals surface area contributed by atoms with Gasteiger partial charge in [-0.25, -0.2) is 9.97 Å². The lowest BCUT2D eigenvalue weighted by Crippen LogP contribution is -2.34. The summed E-state index contributed by atoms with van der Waals surface area (Å²) in [7, 11) is 0. The quantitative estimate of drug-likeness (QED) is 0.773. The van der Waals surface area contributed by atoms with E-state index in [-0.39, 0.29) is 0 Å². The van der Waals surface area contributed by atoms with Crippen LogP contribution >= 0.6 is 15.9 Å². The first-order valence-electron chi connectivity index (χ1n) is 5.33. The minimum atomic E-state index is 0.535. The highest BCUT2D eigenvalue weighted by atomic mass is 79.9. The predicted molar refractivity (Wildman–Crippen MR) is 65.5 cm³/mol. The van der Waals surface area contributed by atoms with Crippen LogP contribution in [0.1, 0.15) is 18.9 Å². The minimum Gasteiger partial charge on any atom is -0.337 e. The third-order valence-corrected chi connectivity index (χ3v) is 3.73. The molecule has 0 N–H and O–H groups in total. The summed E-state index contributed by atoms with van der Waals surface area (Å²) in [5, 5.41) is 0.991. The molecule has 1 aromatic heterocycles. The van der Waals surface area contributed by atoms with E-state index in [0.29, 0.717) is 12.0 Å². The van der Waals surface area contributed by atoms with Crippen LogP contribution in [0.3, 0.4) is 0 Å². The fourth-order valence-electron chi connectivity index (χ4n) is 2.03. The Balaban J connectivity index is 2.20. The second-order valence-corrected chi connectivity index (χ2v) is 4.89. The molecule has 2 atom stereocenters. The van der Waals surface area contributed by atoms with Gasteiger partial charge in [0.25, 0.3) is 0 Å². The molecule has 0 amide bonds. The number of alkyl halides is 1. The highest BCUT2D eigenvalue weighted by Crippen LogP contribution is 2.28. The van der Waals surface area contributed by atoms with Crippen molar-refractivity contribution in [2.24, 2.45) is 5.92 Å². The molecule has 2 heterocycles. The van der Waals surface area contributed by atoms with Crippen LogP contribution in [0, 0.1) is 12.8 Å². The van der Waals surface area contributed by atoms with Gasteiger partial charge in [0.1, 0.15) is 0 Å². The molecule has 2 rings (SSSR count). The van der Waals surface area contributed by atoms with E-state index in [2.05, 4.69) is 37.7 Å². The van der Waals surface area contributed by atoms with E-state index in [4.69, 9.17) is 0 Å². The summed E-state index contributed by atoms with van der Waals surface area (Å²) in [6.45, 7) is 5.37. The Bertz CT molecular complexity index is 325. The summed E-state index contributed by atoms with van der Waals surface area (Å²) in [4.78, 5) is 11.1. The molecule has 1 fully saturated rings. The van der Waals surface area contributed by atoms with Gasteiger partial charge in [-0.15, -0.1) is 0 Å². The second-order valence-electron chi connectivity index (χ2n) is 4.24. The van der Waals surface area contributed by atoms with Crippen LogP contribution < -0.4 is 4.90 Å². The van der Waals surface area contributed by atoms with Crippen molar-refractivity contribution in [2.45, 2.75) is 26.3 Å². The van der Waals surface area contributed by atoms with E-state index in [9.17, 15) is 0 Å². The molecule has 0 bridgehead atoms. The molecule has 82 valence electrons. The van der Waals surface area contributed by atoms with Gasteiger partial charge in [-0.05, 0) is 24.8 Å². The van der Waals surface area contributed by atoms with E-state index in [1.54, 1.807) is 0 Å². The first-order valence-corrected chi connectivity index (χ1v) is 6.45. The molecule has 0 aromatic carbocycles. The summed E-state index contributed by atoms with van der Waals surface area (Å²) < 4.78 is 0. The van der Waals surface area contributed by atoms with E-state index in [1.807, 2.05) is 19.3 Å². The number of halogens is 1. The van der Waals surface area contributed by atoms with Gasteiger partial charge in [-0.1, -0.05) is 22.9 Å². The Hall–Kier alpha value is -0.640. The molecule has 1 saturated heterocycles. The smallest absolute Gasteiger partial charge is 0.225 e. The first kappa shape index (κ1) is 10.9. The largest absolute Gasteiger partial charge is 0.337 e. The zero-order valence-electron chi connectivity index (χ0n) is 9.15. The van der Waals surface area contributed by atoms with Gasteiger partial charge in [-0.3, -0.25) is 0 Å². The molecule has 4 heteroatoms. The molecule has 2 unspecified atom stereocenters. The van der Waals surface area contributed by atoms with Gasteiger partial charge in [-0.2, -0.15) is 0 Å². The second kappa shape index (κ2) is 4.47. The maximum absolute atomic E-state index is 4.39. The summed E-state index contributed by atoms with van der Waals surface area (Å²) in [6.07, 6.45) is 5.00. The molecule has 3 nitrogen and oxygen atoms in total. The maximum atomic E-state index is 4.39. The van der Waals surface area contributed by atoms with Crippen molar-refractivity contribution < 1.29 is 0 Å².